The van der Waals surface area contributed by atoms with Gasteiger partial charge in [0.2, 0.25) is 0 Å². The quantitative estimate of drug-likeness (QED) is 0.208. The molecule has 4 rings (SSSR count). The van der Waals surface area contributed by atoms with Crippen LogP contribution in [0.25, 0.3) is 10.8 Å². The van der Waals surface area contributed by atoms with Gasteiger partial charge in [-0.15, -0.1) is 0 Å². The molecule has 0 unspecified atom stereocenters. The molecule has 6 heteroatoms. The van der Waals surface area contributed by atoms with E-state index in [9.17, 15) is 14.7 Å². The van der Waals surface area contributed by atoms with Gasteiger partial charge >= 0.3 is 5.97 Å². The van der Waals surface area contributed by atoms with Gasteiger partial charge in [0.15, 0.2) is 0 Å². The number of phenolic OH excluding ortho intramolecular Hbond substituents is 1. The smallest absolute Gasteiger partial charge is 0.343 e. The fourth-order valence-corrected chi connectivity index (χ4v) is 3.22. The SMILES string of the molecule is Cc1ccccc1C(=O)Oc1ccc(C=NNC(=O)c2cc3ccccc3cc2O)cc1. The highest BCUT2D eigenvalue weighted by Gasteiger charge is 2.12. The van der Waals surface area contributed by atoms with Crippen LogP contribution >= 0.6 is 0 Å². The van der Waals surface area contributed by atoms with Crippen LogP contribution in [0.1, 0.15) is 31.8 Å². The first kappa shape index (κ1) is 20.8. The lowest BCUT2D eigenvalue weighted by atomic mass is 10.1. The molecule has 0 aliphatic rings. The van der Waals surface area contributed by atoms with Crippen molar-refractivity contribution in [1.29, 1.82) is 0 Å². The van der Waals surface area contributed by atoms with Crippen molar-refractivity contribution in [1.82, 2.24) is 5.43 Å². The lowest BCUT2D eigenvalue weighted by Crippen LogP contribution is -2.17. The van der Waals surface area contributed by atoms with E-state index in [0.717, 1.165) is 16.3 Å². The van der Waals surface area contributed by atoms with E-state index < -0.39 is 11.9 Å². The number of hydrazone groups is 1. The molecule has 0 heterocycles. The Labute approximate surface area is 184 Å². The van der Waals surface area contributed by atoms with Crippen LogP contribution in [0.2, 0.25) is 0 Å². The number of phenols is 1. The van der Waals surface area contributed by atoms with Gasteiger partial charge in [0, 0.05) is 0 Å². The van der Waals surface area contributed by atoms with Crippen molar-refractivity contribution in [3.05, 3.63) is 107 Å². The van der Waals surface area contributed by atoms with Crippen LogP contribution in [0.5, 0.6) is 11.5 Å². The standard InChI is InChI=1S/C26H20N2O4/c1-17-6-2-5-9-22(17)26(31)32-21-12-10-18(11-13-21)16-27-28-25(30)23-14-19-7-3-4-8-20(19)15-24(23)29/h2-16,29H,1H3,(H,28,30). The number of nitrogens with one attached hydrogen (secondary N) is 1. The third-order valence-corrected chi connectivity index (χ3v) is 4.94. The molecule has 4 aromatic carbocycles. The van der Waals surface area contributed by atoms with Gasteiger partial charge in [-0.2, -0.15) is 5.10 Å². The van der Waals surface area contributed by atoms with Gasteiger partial charge in [0.05, 0.1) is 17.3 Å². The Balaban J connectivity index is 1.39. The minimum atomic E-state index is -0.520. The fourth-order valence-electron chi connectivity index (χ4n) is 3.22. The lowest BCUT2D eigenvalue weighted by Gasteiger charge is -2.07. The molecule has 158 valence electrons. The molecule has 0 saturated carbocycles. The van der Waals surface area contributed by atoms with Crippen molar-refractivity contribution >= 4 is 28.9 Å². The number of fused-ring (bicyclic) bond motifs is 1. The maximum absolute atomic E-state index is 12.4. The average Bonchev–Trinajstić information content (AvgIpc) is 2.80. The van der Waals surface area contributed by atoms with E-state index in [0.29, 0.717) is 16.9 Å². The number of nitrogens with zero attached hydrogens (tertiary/aromatic N) is 1. The van der Waals surface area contributed by atoms with Crippen LogP contribution in [0.4, 0.5) is 0 Å². The van der Waals surface area contributed by atoms with E-state index in [1.54, 1.807) is 48.5 Å². The largest absolute Gasteiger partial charge is 0.507 e. The number of carbonyl (C=O) groups is 2. The van der Waals surface area contributed by atoms with Crippen LogP contribution in [0, 0.1) is 6.92 Å². The average molecular weight is 424 g/mol. The topological polar surface area (TPSA) is 88.0 Å². The number of hydrogen-bond donors (Lipinski definition) is 2. The van der Waals surface area contributed by atoms with E-state index in [4.69, 9.17) is 4.74 Å². The van der Waals surface area contributed by atoms with Crippen molar-refractivity contribution < 1.29 is 19.4 Å². The summed E-state index contributed by atoms with van der Waals surface area (Å²) in [5, 5.41) is 15.8. The van der Waals surface area contributed by atoms with Crippen molar-refractivity contribution in [3.63, 3.8) is 0 Å². The van der Waals surface area contributed by atoms with Gasteiger partial charge in [0.1, 0.15) is 11.5 Å². The molecule has 0 aliphatic heterocycles. The van der Waals surface area contributed by atoms with E-state index >= 15 is 0 Å². The van der Waals surface area contributed by atoms with Crippen LogP contribution < -0.4 is 10.2 Å². The highest BCUT2D eigenvalue weighted by atomic mass is 16.5. The summed E-state index contributed by atoms with van der Waals surface area (Å²) in [4.78, 5) is 24.7. The van der Waals surface area contributed by atoms with Gasteiger partial charge in [-0.3, -0.25) is 4.79 Å². The Kier molecular flexibility index (Phi) is 5.94. The molecule has 0 bridgehead atoms. The third-order valence-electron chi connectivity index (χ3n) is 4.94. The van der Waals surface area contributed by atoms with Crippen molar-refractivity contribution in [3.8, 4) is 11.5 Å². The molecule has 0 saturated heterocycles. The van der Waals surface area contributed by atoms with E-state index in [1.807, 2.05) is 43.3 Å². The van der Waals surface area contributed by atoms with Gasteiger partial charge < -0.3 is 9.84 Å². The first-order valence-corrected chi connectivity index (χ1v) is 9.94. The Bertz CT molecular complexity index is 1330. The summed E-state index contributed by atoms with van der Waals surface area (Å²) >= 11 is 0. The molecule has 1 amide bonds. The number of rotatable bonds is 5. The number of aromatic hydroxyl groups is 1. The molecular weight excluding hydrogens is 404 g/mol. The fraction of sp³-hybridized carbons (Fsp3) is 0.0385. The summed E-state index contributed by atoms with van der Waals surface area (Å²) in [7, 11) is 0. The van der Waals surface area contributed by atoms with E-state index in [1.165, 1.54) is 6.21 Å². The Hall–Kier alpha value is -4.45. The van der Waals surface area contributed by atoms with Gasteiger partial charge in [-0.05, 0) is 71.3 Å². The van der Waals surface area contributed by atoms with Crippen LogP contribution in [0.15, 0.2) is 90.0 Å². The number of aryl methyl sites for hydroxylation is 1. The van der Waals surface area contributed by atoms with Gasteiger partial charge in [-0.1, -0.05) is 42.5 Å². The van der Waals surface area contributed by atoms with Crippen molar-refractivity contribution in [2.45, 2.75) is 6.92 Å². The second kappa shape index (κ2) is 9.14. The maximum Gasteiger partial charge on any atom is 0.343 e. The molecule has 0 aliphatic carbocycles. The number of carbonyl (C=O) groups excluding carboxylic acids is 2. The minimum Gasteiger partial charge on any atom is -0.507 e. The van der Waals surface area contributed by atoms with E-state index in [-0.39, 0.29) is 11.3 Å². The summed E-state index contributed by atoms with van der Waals surface area (Å²) in [6, 6.07) is 24.5. The summed E-state index contributed by atoms with van der Waals surface area (Å²) in [5.41, 5.74) is 4.60. The van der Waals surface area contributed by atoms with Gasteiger partial charge in [0.25, 0.3) is 5.91 Å². The Morgan fingerprint density at radius 3 is 2.25 bits per heavy atom. The second-order valence-electron chi connectivity index (χ2n) is 7.19. The van der Waals surface area contributed by atoms with Crippen molar-refractivity contribution in [2.75, 3.05) is 0 Å². The number of benzene rings is 4. The summed E-state index contributed by atoms with van der Waals surface area (Å²) in [6.07, 6.45) is 1.46. The number of ether oxygens (including phenoxy) is 1. The summed E-state index contributed by atoms with van der Waals surface area (Å²) in [5.74, 6) is -0.656. The zero-order chi connectivity index (χ0) is 22.5. The van der Waals surface area contributed by atoms with Crippen LogP contribution in [-0.2, 0) is 0 Å². The maximum atomic E-state index is 12.4. The molecule has 0 aromatic heterocycles. The van der Waals surface area contributed by atoms with Gasteiger partial charge in [-0.25, -0.2) is 10.2 Å². The highest BCUT2D eigenvalue weighted by molar-refractivity contribution is 6.01. The monoisotopic (exact) mass is 424 g/mol. The molecule has 0 atom stereocenters. The second-order valence-corrected chi connectivity index (χ2v) is 7.19. The molecule has 0 spiro atoms. The first-order valence-electron chi connectivity index (χ1n) is 9.94. The molecule has 6 nitrogen and oxygen atoms in total. The van der Waals surface area contributed by atoms with Crippen molar-refractivity contribution in [2.24, 2.45) is 5.10 Å². The Morgan fingerprint density at radius 2 is 1.53 bits per heavy atom. The molecule has 0 fully saturated rings. The minimum absolute atomic E-state index is 0.115. The third kappa shape index (κ3) is 4.65. The van der Waals surface area contributed by atoms with Crippen LogP contribution in [-0.4, -0.2) is 23.2 Å². The summed E-state index contributed by atoms with van der Waals surface area (Å²) in [6.45, 7) is 1.85. The summed E-state index contributed by atoms with van der Waals surface area (Å²) < 4.78 is 5.40. The molecule has 2 N–H and O–H groups in total. The zero-order valence-corrected chi connectivity index (χ0v) is 17.3. The van der Waals surface area contributed by atoms with E-state index in [2.05, 4.69) is 10.5 Å². The molecule has 32 heavy (non-hydrogen) atoms. The number of amides is 1. The van der Waals surface area contributed by atoms with Crippen LogP contribution in [0.3, 0.4) is 0 Å². The number of esters is 1. The zero-order valence-electron chi connectivity index (χ0n) is 17.3. The molecule has 0 radical (unpaired) electrons. The Morgan fingerprint density at radius 1 is 0.875 bits per heavy atom. The predicted octanol–water partition coefficient (Wildman–Crippen LogP) is 4.84. The highest BCUT2D eigenvalue weighted by Crippen LogP contribution is 2.24. The first-order chi connectivity index (χ1) is 15.5. The predicted molar refractivity (Wildman–Crippen MR) is 123 cm³/mol. The lowest BCUT2D eigenvalue weighted by molar-refractivity contribution is 0.0733. The number of hydrogen-bond acceptors (Lipinski definition) is 5. The molecule has 4 aromatic rings. The normalized spacial score (nSPS) is 10.9. The molecular formula is C26H20N2O4.